The summed E-state index contributed by atoms with van der Waals surface area (Å²) in [6.45, 7) is -1.15. The number of phenolic OH excluding ortho intramolecular Hbond substituents is 1. The van der Waals surface area contributed by atoms with Gasteiger partial charge in [0, 0.05) is 28.2 Å². The van der Waals surface area contributed by atoms with Crippen molar-refractivity contribution in [2.24, 2.45) is 0 Å². The molecule has 2 rings (SSSR count). The lowest BCUT2D eigenvalue weighted by Crippen LogP contribution is -2.43. The Bertz CT molecular complexity index is 858. The smallest absolute Gasteiger partial charge is 0.325 e. The van der Waals surface area contributed by atoms with Crippen molar-refractivity contribution >= 4 is 33.8 Å². The predicted octanol–water partition coefficient (Wildman–Crippen LogP) is 2.82. The average molecular weight is 422 g/mol. The third-order valence-corrected chi connectivity index (χ3v) is 3.87. The first-order valence-electron chi connectivity index (χ1n) is 10.8. The zero-order valence-corrected chi connectivity index (χ0v) is 15.0. The molecule has 1 fully saturated rings. The first-order valence-corrected chi connectivity index (χ1v) is 8.05. The molecule has 1 saturated heterocycles. The number of hydrogen-bond donors (Lipinski definition) is 3. The number of rotatable bonds is 6. The summed E-state index contributed by atoms with van der Waals surface area (Å²) in [7, 11) is 0. The van der Waals surface area contributed by atoms with Crippen LogP contribution in [0.25, 0.3) is 0 Å². The molecule has 0 bridgehead atoms. The number of carboxylic acid groups (broad SMARTS) is 1. The summed E-state index contributed by atoms with van der Waals surface area (Å²) >= 11 is 2.65. The number of halogens is 1. The van der Waals surface area contributed by atoms with E-state index in [0.717, 1.165) is 0 Å². The molecule has 1 unspecified atom stereocenters. The lowest BCUT2D eigenvalue weighted by molar-refractivity contribution is -0.137. The second-order valence-corrected chi connectivity index (χ2v) is 5.55. The van der Waals surface area contributed by atoms with Crippen LogP contribution in [0.4, 0.5) is 4.79 Å². The minimum atomic E-state index is -2.82. The monoisotopic (exact) mass is 421 g/mol. The zero-order chi connectivity index (χ0) is 25.1. The number of likely N-dealkylation sites (N-methyl/N-ethyl adjacent to an activating group) is 1. The van der Waals surface area contributed by atoms with Crippen LogP contribution in [0.5, 0.6) is 5.75 Å². The lowest BCUT2D eigenvalue weighted by Gasteiger charge is -2.25. The summed E-state index contributed by atoms with van der Waals surface area (Å²) in [5.74, 6) is -2.35. The molecular weight excluding hydrogens is 392 g/mol. The van der Waals surface area contributed by atoms with Crippen molar-refractivity contribution in [2.75, 3.05) is 12.3 Å². The largest absolute Gasteiger partial charge is 0.508 e. The van der Waals surface area contributed by atoms with E-state index in [4.69, 9.17) is 14.7 Å². The van der Waals surface area contributed by atoms with Crippen molar-refractivity contribution in [2.45, 2.75) is 38.1 Å². The number of amides is 3. The predicted molar refractivity (Wildman–Crippen MR) is 96.7 cm³/mol. The number of imide groups is 1. The number of carboxylic acids is 1. The van der Waals surface area contributed by atoms with Crippen molar-refractivity contribution < 1.29 is 34.2 Å². The molecule has 7 nitrogen and oxygen atoms in total. The van der Waals surface area contributed by atoms with Crippen molar-refractivity contribution in [1.29, 1.82) is 0 Å². The highest BCUT2D eigenvalue weighted by molar-refractivity contribution is 9.09. The molecule has 0 aliphatic carbocycles. The van der Waals surface area contributed by atoms with E-state index in [-0.39, 0.29) is 29.9 Å². The van der Waals surface area contributed by atoms with Crippen LogP contribution < -0.4 is 5.32 Å². The van der Waals surface area contributed by atoms with Gasteiger partial charge in [0.25, 0.3) is 5.91 Å². The number of benzene rings is 1. The molecule has 25 heavy (non-hydrogen) atoms. The number of nitrogens with one attached hydrogen (secondary N) is 1. The maximum atomic E-state index is 12.4. The normalized spacial score (nSPS) is 25.0. The summed E-state index contributed by atoms with van der Waals surface area (Å²) in [6.07, 6.45) is -2.66. The second kappa shape index (κ2) is 9.41. The Balaban J connectivity index is 0.000000368. The van der Waals surface area contributed by atoms with Crippen LogP contribution in [0.1, 0.15) is 47.7 Å². The topological polar surface area (TPSA) is 107 Å². The van der Waals surface area contributed by atoms with Crippen molar-refractivity contribution in [1.82, 2.24) is 10.2 Å². The van der Waals surface area contributed by atoms with E-state index in [9.17, 15) is 19.5 Å². The molecule has 0 aromatic heterocycles. The van der Waals surface area contributed by atoms with Gasteiger partial charge in [-0.15, -0.1) is 0 Å². The van der Waals surface area contributed by atoms with Gasteiger partial charge in [0.1, 0.15) is 11.3 Å². The quantitative estimate of drug-likeness (QED) is 0.483. The standard InChI is InChI=1S/C12H14N2O3.C5H9BrO2/c1-3-12(8-4-6-9(15)7-5-8)10(16)14(2)11(17)13-12;6-4-2-1-3-5(7)8/h4-7,15H,3H2,1-2H3,(H,13,17);1-4H2,(H,7,8)/i2D3;3D2,4D2. The maximum Gasteiger partial charge on any atom is 0.325 e. The minimum absolute atomic E-state index is 0.0180. The summed E-state index contributed by atoms with van der Waals surface area (Å²) in [5.41, 5.74) is -0.970. The molecular formula is C17H23BrN2O5. The molecule has 138 valence electrons. The first kappa shape index (κ1) is 12.3. The number of aromatic hydroxyl groups is 1. The van der Waals surface area contributed by atoms with Crippen molar-refractivity contribution in [3.63, 3.8) is 0 Å². The number of phenols is 1. The van der Waals surface area contributed by atoms with Crippen LogP contribution in [0.15, 0.2) is 24.3 Å². The molecule has 8 heteroatoms. The number of alkyl halides is 1. The molecule has 0 saturated carbocycles. The fourth-order valence-electron chi connectivity index (χ4n) is 2.18. The average Bonchev–Trinajstić information content (AvgIpc) is 2.91. The molecule has 0 radical (unpaired) electrons. The Hall–Kier alpha value is -2.09. The van der Waals surface area contributed by atoms with Crippen LogP contribution in [-0.4, -0.2) is 45.3 Å². The Kier molecular flexibility index (Phi) is 4.63. The lowest BCUT2D eigenvalue weighted by atomic mass is 9.87. The summed E-state index contributed by atoms with van der Waals surface area (Å²) in [6, 6.07) is 4.79. The highest BCUT2D eigenvalue weighted by atomic mass is 79.9. The molecule has 1 aliphatic heterocycles. The number of urea groups is 1. The van der Waals surface area contributed by atoms with E-state index in [1.54, 1.807) is 6.92 Å². The van der Waals surface area contributed by atoms with Gasteiger partial charge < -0.3 is 15.5 Å². The fraction of sp³-hybridized carbons (Fsp3) is 0.471. The maximum absolute atomic E-state index is 12.4. The van der Waals surface area contributed by atoms with Crippen molar-refractivity contribution in [3.8, 4) is 5.75 Å². The van der Waals surface area contributed by atoms with Crippen LogP contribution in [-0.2, 0) is 15.1 Å². The molecule has 1 atom stereocenters. The molecule has 1 aromatic rings. The summed E-state index contributed by atoms with van der Waals surface area (Å²) in [4.78, 5) is 34.7. The first-order chi connectivity index (χ1) is 14.4. The molecule has 1 heterocycles. The van der Waals surface area contributed by atoms with Crippen LogP contribution in [0, 0.1) is 0 Å². The van der Waals surface area contributed by atoms with Gasteiger partial charge in [0.15, 0.2) is 0 Å². The Morgan fingerprint density at radius 2 is 2.00 bits per heavy atom. The van der Waals surface area contributed by atoms with Crippen LogP contribution in [0.3, 0.4) is 0 Å². The van der Waals surface area contributed by atoms with E-state index in [1.807, 2.05) is 0 Å². The van der Waals surface area contributed by atoms with Crippen LogP contribution >= 0.6 is 15.9 Å². The third kappa shape index (κ3) is 5.19. The number of nitrogens with zero attached hydrogens (tertiary/aromatic N) is 1. The van der Waals surface area contributed by atoms with Gasteiger partial charge in [-0.3, -0.25) is 14.5 Å². The van der Waals surface area contributed by atoms with Gasteiger partial charge in [-0.05, 0) is 37.0 Å². The highest BCUT2D eigenvalue weighted by Crippen LogP contribution is 2.32. The van der Waals surface area contributed by atoms with Gasteiger partial charge in [0.2, 0.25) is 0 Å². The van der Waals surface area contributed by atoms with E-state index >= 15 is 0 Å². The van der Waals surface area contributed by atoms with Gasteiger partial charge in [0.05, 0.1) is 0 Å². The second-order valence-electron chi connectivity index (χ2n) is 4.99. The Labute approximate surface area is 165 Å². The van der Waals surface area contributed by atoms with Gasteiger partial charge in [-0.1, -0.05) is 35.0 Å². The molecule has 1 aromatic carbocycles. The number of carbonyl (C=O) groups excluding carboxylic acids is 2. The van der Waals surface area contributed by atoms with E-state index in [1.165, 1.54) is 24.3 Å². The molecule has 3 N–H and O–H groups in total. The summed E-state index contributed by atoms with van der Waals surface area (Å²) in [5, 5.41) is 18.4. The zero-order valence-electron chi connectivity index (χ0n) is 20.4. The molecule has 0 spiro atoms. The van der Waals surface area contributed by atoms with Gasteiger partial charge in [-0.25, -0.2) is 4.79 Å². The highest BCUT2D eigenvalue weighted by Gasteiger charge is 2.49. The SMILES string of the molecule is [2H]C([2H])(Br)CCC([2H])([2H])C(=O)O.[2H]C([2H])([2H])N1C(=O)NC(CC)(c2ccc(O)cc2)C1=O. The number of hydrogen-bond acceptors (Lipinski definition) is 4. The number of carbonyl (C=O) groups is 3. The van der Waals surface area contributed by atoms with E-state index in [0.29, 0.717) is 5.56 Å². The van der Waals surface area contributed by atoms with Gasteiger partial charge in [-0.2, -0.15) is 0 Å². The molecule has 3 amide bonds. The fourth-order valence-corrected chi connectivity index (χ4v) is 2.38. The van der Waals surface area contributed by atoms with Crippen LogP contribution in [0.2, 0.25) is 0 Å². The van der Waals surface area contributed by atoms with Gasteiger partial charge >= 0.3 is 12.0 Å². The van der Waals surface area contributed by atoms with E-state index in [2.05, 4.69) is 21.2 Å². The third-order valence-electron chi connectivity index (χ3n) is 3.48. The van der Waals surface area contributed by atoms with E-state index < -0.39 is 42.1 Å². The Morgan fingerprint density at radius 3 is 2.44 bits per heavy atom. The summed E-state index contributed by atoms with van der Waals surface area (Å²) < 4.78 is 49.7. The van der Waals surface area contributed by atoms with Crippen molar-refractivity contribution in [3.05, 3.63) is 29.8 Å². The Morgan fingerprint density at radius 1 is 1.36 bits per heavy atom. The molecule has 1 aliphatic rings. The number of aliphatic carboxylic acids is 1. The minimum Gasteiger partial charge on any atom is -0.508 e.